The number of nitrogens with one attached hydrogen (secondary N) is 1. The molecule has 0 saturated carbocycles. The van der Waals surface area contributed by atoms with E-state index in [1.165, 1.54) is 29.0 Å². The molecule has 3 rings (SSSR count). The van der Waals surface area contributed by atoms with Gasteiger partial charge >= 0.3 is 0 Å². The maximum absolute atomic E-state index is 12.4. The van der Waals surface area contributed by atoms with Crippen molar-refractivity contribution < 1.29 is 4.79 Å². The summed E-state index contributed by atoms with van der Waals surface area (Å²) in [5, 5.41) is 5.95. The lowest BCUT2D eigenvalue weighted by atomic mass is 10.1. The van der Waals surface area contributed by atoms with Gasteiger partial charge in [0.1, 0.15) is 10.7 Å². The zero-order valence-corrected chi connectivity index (χ0v) is 19.6. The van der Waals surface area contributed by atoms with E-state index in [2.05, 4.69) is 53.0 Å². The molecule has 7 heteroatoms. The predicted octanol–water partition coefficient (Wildman–Crippen LogP) is 4.39. The fourth-order valence-corrected chi connectivity index (χ4v) is 5.30. The van der Waals surface area contributed by atoms with E-state index in [1.54, 1.807) is 11.3 Å². The van der Waals surface area contributed by atoms with Gasteiger partial charge in [-0.15, -0.1) is 22.7 Å². The molecule has 2 aromatic heterocycles. The van der Waals surface area contributed by atoms with Crippen molar-refractivity contribution in [3.8, 4) is 0 Å². The summed E-state index contributed by atoms with van der Waals surface area (Å²) in [6.45, 7) is 13.4. The Hall–Kier alpha value is -1.28. The Morgan fingerprint density at radius 1 is 1.28 bits per heavy atom. The van der Waals surface area contributed by atoms with E-state index < -0.39 is 0 Å². The van der Waals surface area contributed by atoms with E-state index in [0.29, 0.717) is 18.2 Å². The number of amides is 1. The summed E-state index contributed by atoms with van der Waals surface area (Å²) in [7, 11) is 0. The molecule has 0 aliphatic carbocycles. The van der Waals surface area contributed by atoms with Gasteiger partial charge < -0.3 is 10.2 Å². The summed E-state index contributed by atoms with van der Waals surface area (Å²) in [5.74, 6) is 0.630. The number of likely N-dealkylation sites (tertiary alicyclic amines) is 1. The molecular weight excluding hydrogens is 400 g/mol. The number of carbonyl (C=O) groups excluding carboxylic acids is 1. The Labute approximate surface area is 183 Å². The molecule has 160 valence electrons. The molecule has 1 fully saturated rings. The minimum absolute atomic E-state index is 0.0469. The van der Waals surface area contributed by atoms with Crippen molar-refractivity contribution in [2.75, 3.05) is 32.7 Å². The first-order chi connectivity index (χ1) is 14.0. The minimum atomic E-state index is -0.0469. The molecule has 0 aromatic carbocycles. The highest BCUT2D eigenvalue weighted by atomic mass is 32.1. The van der Waals surface area contributed by atoms with Crippen LogP contribution in [-0.2, 0) is 13.1 Å². The van der Waals surface area contributed by atoms with E-state index in [1.807, 2.05) is 16.7 Å². The minimum Gasteiger partial charge on any atom is -0.349 e. The van der Waals surface area contributed by atoms with Crippen molar-refractivity contribution in [1.82, 2.24) is 20.1 Å². The van der Waals surface area contributed by atoms with Crippen LogP contribution < -0.4 is 5.32 Å². The van der Waals surface area contributed by atoms with E-state index >= 15 is 0 Å². The Kier molecular flexibility index (Phi) is 8.66. The molecule has 1 saturated heterocycles. The van der Waals surface area contributed by atoms with Gasteiger partial charge in [-0.1, -0.05) is 13.8 Å². The molecule has 1 aliphatic heterocycles. The number of nitrogens with zero attached hydrogens (tertiary/aromatic N) is 3. The Bertz CT molecular complexity index is 764. The van der Waals surface area contributed by atoms with Crippen molar-refractivity contribution in [3.63, 3.8) is 0 Å². The third-order valence-corrected chi connectivity index (χ3v) is 7.07. The summed E-state index contributed by atoms with van der Waals surface area (Å²) in [5.41, 5.74) is 0.558. The van der Waals surface area contributed by atoms with Gasteiger partial charge in [0.05, 0.1) is 6.54 Å². The van der Waals surface area contributed by atoms with Gasteiger partial charge in [-0.05, 0) is 63.9 Å². The first kappa shape index (κ1) is 22.4. The van der Waals surface area contributed by atoms with Gasteiger partial charge in [0.15, 0.2) is 0 Å². The van der Waals surface area contributed by atoms with Gasteiger partial charge in [0.25, 0.3) is 5.91 Å². The first-order valence-electron chi connectivity index (χ1n) is 10.7. The number of hydrogen-bond donors (Lipinski definition) is 1. The lowest BCUT2D eigenvalue weighted by Gasteiger charge is -2.21. The second-order valence-corrected chi connectivity index (χ2v) is 10.7. The van der Waals surface area contributed by atoms with Crippen LogP contribution in [0.3, 0.4) is 0 Å². The average molecular weight is 435 g/mol. The summed E-state index contributed by atoms with van der Waals surface area (Å²) in [6, 6.07) is 4.41. The van der Waals surface area contributed by atoms with Gasteiger partial charge in [0, 0.05) is 34.8 Å². The highest BCUT2D eigenvalue weighted by Gasteiger charge is 2.16. The third-order valence-electron chi connectivity index (χ3n) is 5.25. The first-order valence-corrected chi connectivity index (χ1v) is 12.4. The van der Waals surface area contributed by atoms with Crippen LogP contribution in [0.2, 0.25) is 0 Å². The third kappa shape index (κ3) is 7.48. The molecule has 3 heterocycles. The Morgan fingerprint density at radius 2 is 2.07 bits per heavy atom. The smallest absolute Gasteiger partial charge is 0.270 e. The normalized spacial score (nSPS) is 14.9. The van der Waals surface area contributed by atoms with Crippen molar-refractivity contribution in [2.24, 2.45) is 5.92 Å². The highest BCUT2D eigenvalue weighted by Crippen LogP contribution is 2.20. The van der Waals surface area contributed by atoms with Gasteiger partial charge in [-0.3, -0.25) is 9.69 Å². The maximum Gasteiger partial charge on any atom is 0.270 e. The molecule has 5 nitrogen and oxygen atoms in total. The van der Waals surface area contributed by atoms with Gasteiger partial charge in [-0.2, -0.15) is 0 Å². The molecule has 0 spiro atoms. The lowest BCUT2D eigenvalue weighted by molar-refractivity contribution is 0.0945. The summed E-state index contributed by atoms with van der Waals surface area (Å²) >= 11 is 3.46. The molecule has 1 N–H and O–H groups in total. The molecular formula is C22H34N4OS2. The molecule has 0 unspecified atom stereocenters. The maximum atomic E-state index is 12.4. The van der Waals surface area contributed by atoms with Crippen molar-refractivity contribution in [2.45, 2.75) is 53.1 Å². The van der Waals surface area contributed by atoms with Crippen LogP contribution >= 0.6 is 22.7 Å². The molecule has 0 atom stereocenters. The second kappa shape index (κ2) is 11.2. The number of thiophene rings is 1. The monoisotopic (exact) mass is 434 g/mol. The number of thiazole rings is 1. The summed E-state index contributed by atoms with van der Waals surface area (Å²) < 4.78 is 0. The highest BCUT2D eigenvalue weighted by molar-refractivity contribution is 7.11. The molecule has 1 amide bonds. The van der Waals surface area contributed by atoms with Crippen LogP contribution in [-0.4, -0.2) is 53.4 Å². The van der Waals surface area contributed by atoms with E-state index in [-0.39, 0.29) is 5.91 Å². The Balaban J connectivity index is 1.52. The number of hydrogen-bond acceptors (Lipinski definition) is 6. The molecule has 0 radical (unpaired) electrons. The van der Waals surface area contributed by atoms with Crippen molar-refractivity contribution in [3.05, 3.63) is 38.0 Å². The van der Waals surface area contributed by atoms with Crippen molar-refractivity contribution >= 4 is 28.6 Å². The average Bonchev–Trinajstić information content (AvgIpc) is 3.42. The molecule has 1 aliphatic rings. The zero-order valence-electron chi connectivity index (χ0n) is 17.9. The topological polar surface area (TPSA) is 48.5 Å². The van der Waals surface area contributed by atoms with E-state index in [9.17, 15) is 4.79 Å². The van der Waals surface area contributed by atoms with E-state index in [4.69, 9.17) is 0 Å². The fraction of sp³-hybridized carbons (Fsp3) is 0.636. The van der Waals surface area contributed by atoms with Crippen molar-refractivity contribution in [1.29, 1.82) is 0 Å². The van der Waals surface area contributed by atoms with E-state index in [0.717, 1.165) is 44.3 Å². The van der Waals surface area contributed by atoms with Crippen LogP contribution in [0, 0.1) is 12.8 Å². The van der Waals surface area contributed by atoms with Crippen LogP contribution in [0.1, 0.15) is 58.4 Å². The number of carbonyl (C=O) groups is 1. The standard InChI is InChI=1S/C22H34N4OS2/c1-17(2)8-12-26(14-19-7-6-18(3)29-19)15-21-24-20(16-28-21)22(27)23-9-13-25-10-4-5-11-25/h6-7,16-17H,4-5,8-15H2,1-3H3,(H,23,27). The van der Waals surface area contributed by atoms with Crippen LogP contribution in [0.15, 0.2) is 17.5 Å². The predicted molar refractivity (Wildman–Crippen MR) is 123 cm³/mol. The van der Waals surface area contributed by atoms with Gasteiger partial charge in [0.2, 0.25) is 0 Å². The van der Waals surface area contributed by atoms with Crippen LogP contribution in [0.25, 0.3) is 0 Å². The molecule has 2 aromatic rings. The quantitative estimate of drug-likeness (QED) is 0.570. The van der Waals surface area contributed by atoms with Gasteiger partial charge in [-0.25, -0.2) is 4.98 Å². The van der Waals surface area contributed by atoms with Crippen LogP contribution in [0.5, 0.6) is 0 Å². The summed E-state index contributed by atoms with van der Waals surface area (Å²) in [4.78, 5) is 24.7. The molecule has 29 heavy (non-hydrogen) atoms. The van der Waals surface area contributed by atoms with Crippen LogP contribution in [0.4, 0.5) is 0 Å². The molecule has 0 bridgehead atoms. The number of aromatic nitrogens is 1. The lowest BCUT2D eigenvalue weighted by Crippen LogP contribution is -2.33. The SMILES string of the molecule is Cc1ccc(CN(CCC(C)C)Cc2nc(C(=O)NCCN3CCCC3)cs2)s1. The number of aryl methyl sites for hydroxylation is 1. The largest absolute Gasteiger partial charge is 0.349 e. The zero-order chi connectivity index (χ0) is 20.6. The second-order valence-electron chi connectivity index (χ2n) is 8.34. The number of rotatable bonds is 11. The fourth-order valence-electron chi connectivity index (χ4n) is 3.55. The Morgan fingerprint density at radius 3 is 2.76 bits per heavy atom. The summed E-state index contributed by atoms with van der Waals surface area (Å²) in [6.07, 6.45) is 3.73.